The van der Waals surface area contributed by atoms with E-state index in [1.807, 2.05) is 0 Å². The predicted octanol–water partition coefficient (Wildman–Crippen LogP) is 0.181. The number of nitrogens with one attached hydrogen (secondary N) is 1. The number of hydrogen-bond donors (Lipinski definition) is 3. The van der Waals surface area contributed by atoms with Gasteiger partial charge in [0.15, 0.2) is 0 Å². The fraction of sp³-hybridized carbons (Fsp3) is 0.143. The fourth-order valence-corrected chi connectivity index (χ4v) is 0.991. The zero-order valence-corrected chi connectivity index (χ0v) is 7.66. The van der Waals surface area contributed by atoms with Gasteiger partial charge >= 0.3 is 0 Å². The highest BCUT2D eigenvalue weighted by Gasteiger charge is 1.95. The molecule has 0 bridgehead atoms. The lowest BCUT2D eigenvalue weighted by molar-refractivity contribution is 0.360. The van der Waals surface area contributed by atoms with Gasteiger partial charge in [0, 0.05) is 0 Å². The van der Waals surface area contributed by atoms with Crippen LogP contribution in [0.1, 0.15) is 0 Å². The van der Waals surface area contributed by atoms with Gasteiger partial charge in [-0.1, -0.05) is 12.1 Å². The summed E-state index contributed by atoms with van der Waals surface area (Å²) in [4.78, 5) is 0. The first-order valence-corrected chi connectivity index (χ1v) is 4.65. The van der Waals surface area contributed by atoms with E-state index < -0.39 is 11.0 Å². The molecule has 0 spiro atoms. The van der Waals surface area contributed by atoms with Crippen molar-refractivity contribution in [3.63, 3.8) is 0 Å². The van der Waals surface area contributed by atoms with Gasteiger partial charge in [-0.25, -0.2) is 8.42 Å². The summed E-state index contributed by atoms with van der Waals surface area (Å²) in [6, 6.07) is 7.02. The largest absolute Gasteiger partial charge is 0.397 e. The first-order chi connectivity index (χ1) is 6.20. The molecule has 1 aromatic rings. The molecule has 0 aromatic heterocycles. The first-order valence-electron chi connectivity index (χ1n) is 3.56. The van der Waals surface area contributed by atoms with Crippen molar-refractivity contribution in [2.75, 3.05) is 17.8 Å². The van der Waals surface area contributed by atoms with Crippen molar-refractivity contribution in [3.8, 4) is 0 Å². The minimum absolute atomic E-state index is 0.104. The SMILES string of the molecule is Nc1ccccc1NCO[SH](=O)=O. The van der Waals surface area contributed by atoms with Crippen LogP contribution in [0.3, 0.4) is 0 Å². The molecule has 0 saturated carbocycles. The summed E-state index contributed by atoms with van der Waals surface area (Å²) >= 11 is 0. The maximum absolute atomic E-state index is 10.0. The van der Waals surface area contributed by atoms with E-state index in [1.54, 1.807) is 24.3 Å². The summed E-state index contributed by atoms with van der Waals surface area (Å²) < 4.78 is 24.3. The lowest BCUT2D eigenvalue weighted by Crippen LogP contribution is -2.06. The summed E-state index contributed by atoms with van der Waals surface area (Å²) in [6.07, 6.45) is 0. The van der Waals surface area contributed by atoms with Crippen LogP contribution in [-0.2, 0) is 15.2 Å². The van der Waals surface area contributed by atoms with Crippen LogP contribution in [0.2, 0.25) is 0 Å². The Kier molecular flexibility index (Phi) is 3.53. The number of thiol groups is 1. The Hall–Kier alpha value is -1.27. The van der Waals surface area contributed by atoms with Crippen LogP contribution in [0.15, 0.2) is 24.3 Å². The Balaban J connectivity index is 2.50. The number of benzene rings is 1. The Bertz CT molecular complexity index is 343. The number of para-hydroxylation sites is 2. The third kappa shape index (κ3) is 3.30. The predicted molar refractivity (Wildman–Crippen MR) is 50.7 cm³/mol. The molecule has 0 aliphatic carbocycles. The molecule has 0 amide bonds. The lowest BCUT2D eigenvalue weighted by atomic mass is 10.3. The third-order valence-electron chi connectivity index (χ3n) is 1.39. The van der Waals surface area contributed by atoms with Gasteiger partial charge in [0.25, 0.3) is 11.0 Å². The van der Waals surface area contributed by atoms with E-state index >= 15 is 0 Å². The van der Waals surface area contributed by atoms with Gasteiger partial charge in [-0.2, -0.15) is 0 Å². The Labute approximate surface area is 77.7 Å². The topological polar surface area (TPSA) is 81.4 Å². The van der Waals surface area contributed by atoms with Crippen LogP contribution in [0.25, 0.3) is 0 Å². The van der Waals surface area contributed by atoms with Crippen LogP contribution in [0.4, 0.5) is 11.4 Å². The van der Waals surface area contributed by atoms with Gasteiger partial charge in [0.1, 0.15) is 6.73 Å². The van der Waals surface area contributed by atoms with Crippen molar-refractivity contribution in [3.05, 3.63) is 24.3 Å². The molecule has 0 fully saturated rings. The monoisotopic (exact) mass is 202 g/mol. The van der Waals surface area contributed by atoms with Crippen molar-refractivity contribution in [2.45, 2.75) is 0 Å². The molecule has 1 rings (SSSR count). The molecule has 0 aliphatic rings. The Morgan fingerprint density at radius 1 is 1.38 bits per heavy atom. The number of anilines is 2. The van der Waals surface area contributed by atoms with Gasteiger partial charge in [-0.3, -0.25) is 4.18 Å². The minimum Gasteiger partial charge on any atom is -0.397 e. The molecular weight excluding hydrogens is 192 g/mol. The fourth-order valence-electron chi connectivity index (χ4n) is 0.821. The lowest BCUT2D eigenvalue weighted by Gasteiger charge is -2.06. The molecule has 13 heavy (non-hydrogen) atoms. The van der Waals surface area contributed by atoms with E-state index in [4.69, 9.17) is 5.73 Å². The second kappa shape index (κ2) is 4.68. The number of nitrogens with two attached hydrogens (primary N) is 1. The molecule has 72 valence electrons. The second-order valence-corrected chi connectivity index (χ2v) is 2.97. The average molecular weight is 202 g/mol. The highest BCUT2D eigenvalue weighted by molar-refractivity contribution is 7.67. The second-order valence-electron chi connectivity index (χ2n) is 2.26. The standard InChI is InChI=1S/C7H10N2O3S/c8-6-3-1-2-4-7(6)9-5-12-13(10)11/h1-4,9,13H,5,8H2. The highest BCUT2D eigenvalue weighted by atomic mass is 32.2. The van der Waals surface area contributed by atoms with Gasteiger partial charge in [-0.05, 0) is 12.1 Å². The number of rotatable bonds is 4. The van der Waals surface area contributed by atoms with Crippen LogP contribution in [0.5, 0.6) is 0 Å². The summed E-state index contributed by atoms with van der Waals surface area (Å²) in [5, 5.41) is 2.71. The molecule has 0 aliphatic heterocycles. The number of nitrogen functional groups attached to an aromatic ring is 1. The summed E-state index contributed by atoms with van der Waals surface area (Å²) in [7, 11) is -2.81. The van der Waals surface area contributed by atoms with Gasteiger partial charge < -0.3 is 11.1 Å². The minimum atomic E-state index is -2.81. The smallest absolute Gasteiger partial charge is 0.258 e. The van der Waals surface area contributed by atoms with Gasteiger partial charge in [0.05, 0.1) is 11.4 Å². The van der Waals surface area contributed by atoms with Crippen molar-refractivity contribution in [1.82, 2.24) is 0 Å². The first kappa shape index (κ1) is 9.82. The molecule has 6 heteroatoms. The third-order valence-corrected chi connectivity index (χ3v) is 1.73. The summed E-state index contributed by atoms with van der Waals surface area (Å²) in [5.41, 5.74) is 6.77. The van der Waals surface area contributed by atoms with E-state index in [1.165, 1.54) is 0 Å². The van der Waals surface area contributed by atoms with Crippen LogP contribution in [-0.4, -0.2) is 15.1 Å². The quantitative estimate of drug-likeness (QED) is 0.368. The Morgan fingerprint density at radius 2 is 2.08 bits per heavy atom. The molecular formula is C7H10N2O3S. The van der Waals surface area contributed by atoms with Crippen LogP contribution < -0.4 is 11.1 Å². The summed E-state index contributed by atoms with van der Waals surface area (Å²) in [5.74, 6) is 0. The summed E-state index contributed by atoms with van der Waals surface area (Å²) in [6.45, 7) is -0.104. The molecule has 0 unspecified atom stereocenters. The molecule has 0 saturated heterocycles. The van der Waals surface area contributed by atoms with Crippen molar-refractivity contribution in [2.24, 2.45) is 0 Å². The van der Waals surface area contributed by atoms with E-state index in [9.17, 15) is 8.42 Å². The zero-order valence-electron chi connectivity index (χ0n) is 6.77. The molecule has 0 radical (unpaired) electrons. The van der Waals surface area contributed by atoms with Gasteiger partial charge in [0.2, 0.25) is 0 Å². The van der Waals surface area contributed by atoms with E-state index in [2.05, 4.69) is 9.50 Å². The van der Waals surface area contributed by atoms with E-state index in [-0.39, 0.29) is 6.73 Å². The molecule has 3 N–H and O–H groups in total. The maximum Gasteiger partial charge on any atom is 0.258 e. The van der Waals surface area contributed by atoms with E-state index in [0.29, 0.717) is 11.4 Å². The van der Waals surface area contributed by atoms with E-state index in [0.717, 1.165) is 0 Å². The van der Waals surface area contributed by atoms with Crippen LogP contribution in [0, 0.1) is 0 Å². The molecule has 1 aromatic carbocycles. The average Bonchev–Trinajstić information content (AvgIpc) is 2.08. The maximum atomic E-state index is 10.0. The Morgan fingerprint density at radius 3 is 2.69 bits per heavy atom. The zero-order chi connectivity index (χ0) is 9.68. The van der Waals surface area contributed by atoms with Crippen molar-refractivity contribution in [1.29, 1.82) is 0 Å². The van der Waals surface area contributed by atoms with Crippen LogP contribution >= 0.6 is 0 Å². The molecule has 0 atom stereocenters. The molecule has 5 nitrogen and oxygen atoms in total. The van der Waals surface area contributed by atoms with Gasteiger partial charge in [-0.15, -0.1) is 0 Å². The molecule has 0 heterocycles. The normalized spacial score (nSPS) is 10.2. The number of hydrogen-bond acceptors (Lipinski definition) is 5. The highest BCUT2D eigenvalue weighted by Crippen LogP contribution is 2.15. The van der Waals surface area contributed by atoms with Crippen molar-refractivity contribution >= 4 is 22.4 Å². The van der Waals surface area contributed by atoms with Crippen molar-refractivity contribution < 1.29 is 12.6 Å².